The van der Waals surface area contributed by atoms with Gasteiger partial charge in [0, 0.05) is 18.5 Å². The second-order valence-corrected chi connectivity index (χ2v) is 4.48. The van der Waals surface area contributed by atoms with Gasteiger partial charge >= 0.3 is 0 Å². The minimum atomic E-state index is 0.0535. The highest BCUT2D eigenvalue weighted by Crippen LogP contribution is 2.06. The molecule has 0 fully saturated rings. The molecule has 3 heteroatoms. The van der Waals surface area contributed by atoms with Crippen molar-refractivity contribution in [3.63, 3.8) is 0 Å². The summed E-state index contributed by atoms with van der Waals surface area (Å²) in [5, 5.41) is 6.28. The molecule has 1 amide bonds. The first-order valence-corrected chi connectivity index (χ1v) is 6.03. The SMILES string of the molecule is CCNCC(C)C(=O)NC(CC)C(C)C. The van der Waals surface area contributed by atoms with Crippen molar-refractivity contribution in [1.82, 2.24) is 10.6 Å². The van der Waals surface area contributed by atoms with Crippen molar-refractivity contribution in [2.24, 2.45) is 11.8 Å². The highest BCUT2D eigenvalue weighted by molar-refractivity contribution is 5.78. The third-order valence-electron chi connectivity index (χ3n) is 2.72. The second-order valence-electron chi connectivity index (χ2n) is 4.48. The van der Waals surface area contributed by atoms with E-state index >= 15 is 0 Å². The molecule has 0 aliphatic heterocycles. The zero-order chi connectivity index (χ0) is 11.8. The van der Waals surface area contributed by atoms with Crippen LogP contribution in [0.1, 0.15) is 41.0 Å². The molecule has 2 N–H and O–H groups in total. The fraction of sp³-hybridized carbons (Fsp3) is 0.917. The Morgan fingerprint density at radius 1 is 1.20 bits per heavy atom. The Labute approximate surface area is 94.0 Å². The zero-order valence-electron chi connectivity index (χ0n) is 10.8. The average Bonchev–Trinajstić information content (AvgIpc) is 2.21. The molecular weight excluding hydrogens is 188 g/mol. The van der Waals surface area contributed by atoms with Crippen LogP contribution in [0, 0.1) is 11.8 Å². The highest BCUT2D eigenvalue weighted by atomic mass is 16.1. The molecule has 0 saturated heterocycles. The molecule has 0 heterocycles. The Hall–Kier alpha value is -0.570. The largest absolute Gasteiger partial charge is 0.353 e. The molecule has 90 valence electrons. The van der Waals surface area contributed by atoms with Gasteiger partial charge in [-0.15, -0.1) is 0 Å². The van der Waals surface area contributed by atoms with E-state index in [9.17, 15) is 4.79 Å². The van der Waals surface area contributed by atoms with Gasteiger partial charge in [0.25, 0.3) is 0 Å². The van der Waals surface area contributed by atoms with Gasteiger partial charge in [0.05, 0.1) is 0 Å². The lowest BCUT2D eigenvalue weighted by molar-refractivity contribution is -0.125. The van der Waals surface area contributed by atoms with Gasteiger partial charge in [0.15, 0.2) is 0 Å². The van der Waals surface area contributed by atoms with Crippen molar-refractivity contribution in [2.75, 3.05) is 13.1 Å². The number of nitrogens with one attached hydrogen (secondary N) is 2. The third kappa shape index (κ3) is 5.78. The van der Waals surface area contributed by atoms with E-state index in [1.54, 1.807) is 0 Å². The van der Waals surface area contributed by atoms with Crippen molar-refractivity contribution in [2.45, 2.75) is 47.1 Å². The van der Waals surface area contributed by atoms with E-state index < -0.39 is 0 Å². The molecule has 3 nitrogen and oxygen atoms in total. The summed E-state index contributed by atoms with van der Waals surface area (Å²) in [6.07, 6.45) is 0.997. The Morgan fingerprint density at radius 2 is 1.80 bits per heavy atom. The van der Waals surface area contributed by atoms with E-state index in [-0.39, 0.29) is 11.8 Å². The van der Waals surface area contributed by atoms with Crippen LogP contribution in [0.2, 0.25) is 0 Å². The lowest BCUT2D eigenvalue weighted by Crippen LogP contribution is -2.43. The standard InChI is InChI=1S/C12H26N2O/c1-6-11(9(3)4)14-12(15)10(5)8-13-7-2/h9-11,13H,6-8H2,1-5H3,(H,14,15). The Bertz CT molecular complexity index is 180. The van der Waals surface area contributed by atoms with Gasteiger partial charge in [-0.25, -0.2) is 0 Å². The first-order valence-electron chi connectivity index (χ1n) is 6.03. The van der Waals surface area contributed by atoms with E-state index in [4.69, 9.17) is 0 Å². The molecule has 0 saturated carbocycles. The van der Waals surface area contributed by atoms with Crippen LogP contribution in [0.15, 0.2) is 0 Å². The summed E-state index contributed by atoms with van der Waals surface area (Å²) in [7, 11) is 0. The molecule has 2 atom stereocenters. The van der Waals surface area contributed by atoms with Crippen LogP contribution >= 0.6 is 0 Å². The number of rotatable bonds is 7. The summed E-state index contributed by atoms with van der Waals surface area (Å²) >= 11 is 0. The van der Waals surface area contributed by atoms with Gasteiger partial charge < -0.3 is 10.6 Å². The summed E-state index contributed by atoms with van der Waals surface area (Å²) in [4.78, 5) is 11.8. The van der Waals surface area contributed by atoms with Gasteiger partial charge in [0.1, 0.15) is 0 Å². The number of carbonyl (C=O) groups excluding carboxylic acids is 1. The molecule has 0 aromatic rings. The van der Waals surface area contributed by atoms with Crippen molar-refractivity contribution in [1.29, 1.82) is 0 Å². The minimum Gasteiger partial charge on any atom is -0.353 e. The molecule has 0 aliphatic rings. The molecular formula is C12H26N2O. The summed E-state index contributed by atoms with van der Waals surface area (Å²) in [6, 6.07) is 0.307. The first-order chi connectivity index (χ1) is 7.02. The maximum Gasteiger partial charge on any atom is 0.224 e. The smallest absolute Gasteiger partial charge is 0.224 e. The van der Waals surface area contributed by atoms with Crippen molar-refractivity contribution in [3.8, 4) is 0 Å². The molecule has 0 aromatic carbocycles. The normalized spacial score (nSPS) is 15.1. The average molecular weight is 214 g/mol. The molecule has 0 radical (unpaired) electrons. The van der Waals surface area contributed by atoms with Gasteiger partial charge in [0.2, 0.25) is 5.91 Å². The molecule has 15 heavy (non-hydrogen) atoms. The summed E-state index contributed by atoms with van der Waals surface area (Å²) in [5.41, 5.74) is 0. The quantitative estimate of drug-likeness (QED) is 0.678. The lowest BCUT2D eigenvalue weighted by atomic mass is 10.0. The molecule has 0 spiro atoms. The molecule has 0 rings (SSSR count). The Morgan fingerprint density at radius 3 is 2.20 bits per heavy atom. The van der Waals surface area contributed by atoms with E-state index in [0.717, 1.165) is 19.5 Å². The van der Waals surface area contributed by atoms with Crippen molar-refractivity contribution < 1.29 is 4.79 Å². The van der Waals surface area contributed by atoms with Gasteiger partial charge in [-0.05, 0) is 18.9 Å². The maximum absolute atomic E-state index is 11.8. The first kappa shape index (κ1) is 14.4. The number of hydrogen-bond acceptors (Lipinski definition) is 2. The van der Waals surface area contributed by atoms with Crippen LogP contribution < -0.4 is 10.6 Å². The predicted molar refractivity (Wildman–Crippen MR) is 64.8 cm³/mol. The third-order valence-corrected chi connectivity index (χ3v) is 2.72. The van der Waals surface area contributed by atoms with E-state index in [0.29, 0.717) is 12.0 Å². The Balaban J connectivity index is 3.98. The molecule has 0 aliphatic carbocycles. The zero-order valence-corrected chi connectivity index (χ0v) is 10.8. The van der Waals surface area contributed by atoms with Crippen LogP contribution in [0.5, 0.6) is 0 Å². The van der Waals surface area contributed by atoms with Crippen LogP contribution in [-0.4, -0.2) is 25.0 Å². The van der Waals surface area contributed by atoms with Gasteiger partial charge in [-0.3, -0.25) is 4.79 Å². The summed E-state index contributed by atoms with van der Waals surface area (Å²) in [6.45, 7) is 12.1. The Kier molecular flexibility index (Phi) is 7.39. The van der Waals surface area contributed by atoms with Crippen LogP contribution in [0.3, 0.4) is 0 Å². The van der Waals surface area contributed by atoms with Gasteiger partial charge in [-0.2, -0.15) is 0 Å². The summed E-state index contributed by atoms with van der Waals surface area (Å²) < 4.78 is 0. The van der Waals surface area contributed by atoms with E-state index in [2.05, 4.69) is 31.4 Å². The predicted octanol–water partition coefficient (Wildman–Crippen LogP) is 1.78. The number of amides is 1. The van der Waals surface area contributed by atoms with Crippen molar-refractivity contribution in [3.05, 3.63) is 0 Å². The van der Waals surface area contributed by atoms with Crippen LogP contribution in [0.25, 0.3) is 0 Å². The van der Waals surface area contributed by atoms with Crippen molar-refractivity contribution >= 4 is 5.91 Å². The molecule has 2 unspecified atom stereocenters. The second kappa shape index (κ2) is 7.69. The maximum atomic E-state index is 11.8. The highest BCUT2D eigenvalue weighted by Gasteiger charge is 2.18. The van der Waals surface area contributed by atoms with Crippen LogP contribution in [0.4, 0.5) is 0 Å². The summed E-state index contributed by atoms with van der Waals surface area (Å²) in [5.74, 6) is 0.722. The fourth-order valence-corrected chi connectivity index (χ4v) is 1.52. The topological polar surface area (TPSA) is 41.1 Å². The molecule has 0 bridgehead atoms. The minimum absolute atomic E-state index is 0.0535. The van der Waals surface area contributed by atoms with Crippen LogP contribution in [-0.2, 0) is 4.79 Å². The molecule has 0 aromatic heterocycles. The van der Waals surface area contributed by atoms with E-state index in [1.807, 2.05) is 13.8 Å². The number of carbonyl (C=O) groups is 1. The van der Waals surface area contributed by atoms with Gasteiger partial charge in [-0.1, -0.05) is 34.6 Å². The fourth-order valence-electron chi connectivity index (χ4n) is 1.52. The van der Waals surface area contributed by atoms with E-state index in [1.165, 1.54) is 0 Å². The number of hydrogen-bond donors (Lipinski definition) is 2. The lowest BCUT2D eigenvalue weighted by Gasteiger charge is -2.23. The monoisotopic (exact) mass is 214 g/mol.